The maximum absolute atomic E-state index is 13.4. The second-order valence-electron chi connectivity index (χ2n) is 8.33. The van der Waals surface area contributed by atoms with Crippen LogP contribution in [0.25, 0.3) is 0 Å². The summed E-state index contributed by atoms with van der Waals surface area (Å²) < 4.78 is 45.8. The van der Waals surface area contributed by atoms with Gasteiger partial charge in [-0.05, 0) is 30.2 Å². The Morgan fingerprint density at radius 1 is 1.29 bits per heavy atom. The van der Waals surface area contributed by atoms with Gasteiger partial charge in [-0.25, -0.2) is 4.99 Å². The molecule has 1 aromatic heterocycles. The fourth-order valence-corrected chi connectivity index (χ4v) is 3.74. The molecular weight excluding hydrogens is 449 g/mol. The predicted octanol–water partition coefficient (Wildman–Crippen LogP) is 3.35. The zero-order valence-corrected chi connectivity index (χ0v) is 18.8. The summed E-state index contributed by atoms with van der Waals surface area (Å²) in [5, 5.41) is 15.1. The summed E-state index contributed by atoms with van der Waals surface area (Å²) in [5.41, 5.74) is 6.43. The average Bonchev–Trinajstić information content (AvgIpc) is 2.77. The van der Waals surface area contributed by atoms with Gasteiger partial charge < -0.3 is 26.1 Å². The number of hydrogen-bond donors (Lipinski definition) is 4. The van der Waals surface area contributed by atoms with Crippen molar-refractivity contribution in [1.29, 1.82) is 5.26 Å². The molecule has 0 spiro atoms. The number of H-pyrrole nitrogens is 1. The molecule has 2 aromatic rings. The van der Waals surface area contributed by atoms with Gasteiger partial charge in [0, 0.05) is 18.8 Å². The van der Waals surface area contributed by atoms with Crippen LogP contribution in [0.5, 0.6) is 0 Å². The lowest BCUT2D eigenvalue weighted by Gasteiger charge is -2.29. The second-order valence-corrected chi connectivity index (χ2v) is 8.33. The fourth-order valence-electron chi connectivity index (χ4n) is 3.74. The van der Waals surface area contributed by atoms with E-state index in [1.807, 2.05) is 0 Å². The van der Waals surface area contributed by atoms with Gasteiger partial charge in [0.15, 0.2) is 0 Å². The number of ether oxygens (including phenoxy) is 1. The zero-order valence-electron chi connectivity index (χ0n) is 18.8. The van der Waals surface area contributed by atoms with Crippen LogP contribution in [-0.4, -0.2) is 42.3 Å². The van der Waals surface area contributed by atoms with Crippen LogP contribution in [0.2, 0.25) is 0 Å². The smallest absolute Gasteiger partial charge is 0.383 e. The van der Waals surface area contributed by atoms with Crippen LogP contribution in [-0.2, 0) is 4.74 Å². The number of aromatic nitrogens is 1. The average molecular weight is 477 g/mol. The number of benzene rings is 1. The number of nitrogens with one attached hydrogen (secondary N) is 3. The Labute approximate surface area is 195 Å². The maximum atomic E-state index is 13.4. The minimum Gasteiger partial charge on any atom is -0.383 e. The number of aromatic amines is 1. The summed E-state index contributed by atoms with van der Waals surface area (Å²) in [6.07, 6.45) is -2.45. The standard InChI is InChI=1S/C23H27F3N6O2/c1-13(2)30-20(23(24,25)26)14-3-5-16(6-4-14)31-21(28)19-17(7-9-29-22(19)33)32-18-12-34-10-8-15(18)11-27/h3-7,9,13,15,18,20,30H,8,10,12H2,1-2H3,(H2,28,31)(H2,29,32,33)/t15?,18-,20?/m0/s1. The molecule has 0 aliphatic carbocycles. The molecule has 5 N–H and O–H groups in total. The molecule has 11 heteroatoms. The van der Waals surface area contributed by atoms with Gasteiger partial charge in [0.05, 0.1) is 36.0 Å². The molecule has 0 amide bonds. The third kappa shape index (κ3) is 6.15. The van der Waals surface area contributed by atoms with E-state index in [9.17, 15) is 23.2 Å². The van der Waals surface area contributed by atoms with Crippen LogP contribution in [0.1, 0.15) is 37.4 Å². The predicted molar refractivity (Wildman–Crippen MR) is 123 cm³/mol. The number of amidine groups is 1. The van der Waals surface area contributed by atoms with Gasteiger partial charge in [0.1, 0.15) is 17.4 Å². The molecule has 1 aliphatic heterocycles. The number of nitrogens with zero attached hydrogens (tertiary/aromatic N) is 2. The first-order valence-electron chi connectivity index (χ1n) is 10.8. The first-order chi connectivity index (χ1) is 16.1. The van der Waals surface area contributed by atoms with Crippen molar-refractivity contribution in [1.82, 2.24) is 10.3 Å². The molecule has 1 fully saturated rings. The monoisotopic (exact) mass is 476 g/mol. The number of rotatable bonds is 7. The summed E-state index contributed by atoms with van der Waals surface area (Å²) >= 11 is 0. The van der Waals surface area contributed by atoms with E-state index in [0.717, 1.165) is 0 Å². The summed E-state index contributed by atoms with van der Waals surface area (Å²) in [6, 6.07) is 6.79. The molecule has 0 bridgehead atoms. The lowest BCUT2D eigenvalue weighted by atomic mass is 9.96. The van der Waals surface area contributed by atoms with Gasteiger partial charge in [0.25, 0.3) is 5.56 Å². The lowest BCUT2D eigenvalue weighted by Crippen LogP contribution is -2.39. The van der Waals surface area contributed by atoms with E-state index in [1.54, 1.807) is 19.9 Å². The largest absolute Gasteiger partial charge is 0.407 e. The Morgan fingerprint density at radius 3 is 2.62 bits per heavy atom. The van der Waals surface area contributed by atoms with Crippen molar-refractivity contribution in [3.63, 3.8) is 0 Å². The first kappa shape index (κ1) is 25.3. The maximum Gasteiger partial charge on any atom is 0.407 e. The molecule has 1 saturated heterocycles. The van der Waals surface area contributed by atoms with Crippen LogP contribution in [0, 0.1) is 17.2 Å². The van der Waals surface area contributed by atoms with Crippen LogP contribution >= 0.6 is 0 Å². The van der Waals surface area contributed by atoms with Crippen molar-refractivity contribution in [2.24, 2.45) is 16.6 Å². The van der Waals surface area contributed by atoms with Crippen LogP contribution in [0.3, 0.4) is 0 Å². The van der Waals surface area contributed by atoms with Gasteiger partial charge >= 0.3 is 6.18 Å². The van der Waals surface area contributed by atoms with Crippen molar-refractivity contribution >= 4 is 17.2 Å². The topological polar surface area (TPSA) is 128 Å². The van der Waals surface area contributed by atoms with E-state index >= 15 is 0 Å². The SMILES string of the molecule is CC(C)NC(c1ccc(N=C(N)c2c(N[C@H]3COCCC3C#N)cc[nH]c2=O)cc1)C(F)(F)F. The normalized spacial score (nSPS) is 20.1. The molecule has 1 aliphatic rings. The Hall–Kier alpha value is -3.36. The summed E-state index contributed by atoms with van der Waals surface area (Å²) in [4.78, 5) is 19.3. The van der Waals surface area contributed by atoms with Gasteiger partial charge in [-0.15, -0.1) is 0 Å². The Balaban J connectivity index is 1.88. The third-order valence-corrected chi connectivity index (χ3v) is 5.38. The summed E-state index contributed by atoms with van der Waals surface area (Å²) in [6.45, 7) is 4.06. The number of hydrogen-bond acceptors (Lipinski definition) is 6. The van der Waals surface area contributed by atoms with Gasteiger partial charge in [-0.2, -0.15) is 18.4 Å². The summed E-state index contributed by atoms with van der Waals surface area (Å²) in [7, 11) is 0. The number of nitrogens with two attached hydrogens (primary N) is 1. The molecule has 3 rings (SSSR count). The molecule has 34 heavy (non-hydrogen) atoms. The lowest BCUT2D eigenvalue weighted by molar-refractivity contribution is -0.159. The van der Waals surface area contributed by atoms with Crippen molar-refractivity contribution < 1.29 is 17.9 Å². The number of halogens is 3. The number of nitriles is 1. The first-order valence-corrected chi connectivity index (χ1v) is 10.8. The van der Waals surface area contributed by atoms with Crippen LogP contribution < -0.4 is 21.9 Å². The quantitative estimate of drug-likeness (QED) is 0.358. The molecule has 8 nitrogen and oxygen atoms in total. The molecule has 1 aromatic carbocycles. The molecule has 3 atom stereocenters. The van der Waals surface area contributed by atoms with Crippen molar-refractivity contribution in [2.45, 2.75) is 44.6 Å². The van der Waals surface area contributed by atoms with E-state index in [-0.39, 0.29) is 40.7 Å². The van der Waals surface area contributed by atoms with E-state index in [4.69, 9.17) is 10.5 Å². The highest BCUT2D eigenvalue weighted by Gasteiger charge is 2.40. The Morgan fingerprint density at radius 2 is 2.00 bits per heavy atom. The van der Waals surface area contributed by atoms with Gasteiger partial charge in [-0.1, -0.05) is 26.0 Å². The highest BCUT2D eigenvalue weighted by molar-refractivity contribution is 6.03. The van der Waals surface area contributed by atoms with E-state index in [1.165, 1.54) is 30.5 Å². The minimum atomic E-state index is -4.46. The molecule has 0 saturated carbocycles. The van der Waals surface area contributed by atoms with Crippen molar-refractivity contribution in [3.8, 4) is 6.07 Å². The number of anilines is 1. The van der Waals surface area contributed by atoms with Gasteiger partial charge in [-0.3, -0.25) is 4.79 Å². The number of aliphatic imine (C=N–C) groups is 1. The molecule has 2 unspecified atom stereocenters. The van der Waals surface area contributed by atoms with E-state index in [0.29, 0.717) is 25.3 Å². The molecule has 182 valence electrons. The van der Waals surface area contributed by atoms with E-state index < -0.39 is 17.8 Å². The minimum absolute atomic E-state index is 0.0403. The highest BCUT2D eigenvalue weighted by atomic mass is 19.4. The Bertz CT molecular complexity index is 1110. The summed E-state index contributed by atoms with van der Waals surface area (Å²) in [5.74, 6) is -0.414. The molecule has 0 radical (unpaired) electrons. The fraction of sp³-hybridized carbons (Fsp3) is 0.435. The number of alkyl halides is 3. The number of pyridine rings is 1. The van der Waals surface area contributed by atoms with Crippen molar-refractivity contribution in [3.05, 3.63) is 58.0 Å². The van der Waals surface area contributed by atoms with Crippen LogP contribution in [0.15, 0.2) is 46.3 Å². The molecule has 2 heterocycles. The second kappa shape index (κ2) is 10.7. The zero-order chi connectivity index (χ0) is 24.9. The van der Waals surface area contributed by atoms with E-state index in [2.05, 4.69) is 26.7 Å². The highest BCUT2D eigenvalue weighted by Crippen LogP contribution is 2.34. The Kier molecular flexibility index (Phi) is 7.96. The van der Waals surface area contributed by atoms with Crippen LogP contribution in [0.4, 0.5) is 24.5 Å². The molecular formula is C23H27F3N6O2. The van der Waals surface area contributed by atoms with Gasteiger partial charge in [0.2, 0.25) is 0 Å². The third-order valence-electron chi connectivity index (χ3n) is 5.38. The van der Waals surface area contributed by atoms with Crippen molar-refractivity contribution in [2.75, 3.05) is 18.5 Å².